The number of nitrogens with zero attached hydrogens (tertiary/aromatic N) is 1. The third-order valence-corrected chi connectivity index (χ3v) is 3.02. The van der Waals surface area contributed by atoms with E-state index in [1.54, 1.807) is 24.3 Å². The number of halogens is 1. The number of rotatable bonds is 3. The Balaban J connectivity index is 2.28. The molecule has 0 amide bonds. The van der Waals surface area contributed by atoms with Gasteiger partial charge in [0, 0.05) is 6.20 Å². The van der Waals surface area contributed by atoms with E-state index in [1.807, 2.05) is 12.1 Å². The molecule has 0 radical (unpaired) electrons. The average Bonchev–Trinajstić information content (AvgIpc) is 2.41. The van der Waals surface area contributed by atoms with Crippen LogP contribution in [0.15, 0.2) is 42.6 Å². The van der Waals surface area contributed by atoms with Gasteiger partial charge in [-0.2, -0.15) is 0 Å². The Hall–Kier alpha value is -1.54. The summed E-state index contributed by atoms with van der Waals surface area (Å²) in [7, 11) is 0. The Kier molecular flexibility index (Phi) is 3.34. The Labute approximate surface area is 122 Å². The van der Waals surface area contributed by atoms with Crippen LogP contribution in [0.4, 0.5) is 0 Å². The summed E-state index contributed by atoms with van der Waals surface area (Å²) in [6.07, 6.45) is 1.53. The van der Waals surface area contributed by atoms with Crippen molar-refractivity contribution in [2.75, 3.05) is 0 Å². The topological polar surface area (TPSA) is 22.1 Å². The van der Waals surface area contributed by atoms with E-state index in [0.717, 1.165) is 5.56 Å². The van der Waals surface area contributed by atoms with Crippen molar-refractivity contribution in [2.24, 2.45) is 0 Å². The highest BCUT2D eigenvalue weighted by Gasteiger charge is 2.15. The van der Waals surface area contributed by atoms with Crippen molar-refractivity contribution in [3.8, 4) is 5.75 Å². The highest BCUT2D eigenvalue weighted by Crippen LogP contribution is 2.31. The molecule has 0 spiro atoms. The van der Waals surface area contributed by atoms with E-state index in [4.69, 9.17) is 19.1 Å². The molecule has 0 atom stereocenters. The molecule has 0 aliphatic carbocycles. The maximum Gasteiger partial charge on any atom is 0.138 e. The van der Waals surface area contributed by atoms with Gasteiger partial charge >= 0.3 is 0 Å². The van der Waals surface area contributed by atoms with Gasteiger partial charge in [-0.15, -0.1) is 0 Å². The second-order valence-corrected chi connectivity index (χ2v) is 5.72. The Morgan fingerprint density at radius 3 is 2.63 bits per heavy atom. The van der Waals surface area contributed by atoms with Crippen molar-refractivity contribution in [1.29, 1.82) is 0 Å². The van der Waals surface area contributed by atoms with Gasteiger partial charge in [0.25, 0.3) is 0 Å². The molecule has 0 aliphatic heterocycles. The largest absolute Gasteiger partial charge is 0.486 e. The number of benzene rings is 1. The van der Waals surface area contributed by atoms with Crippen molar-refractivity contribution in [3.63, 3.8) is 0 Å². The van der Waals surface area contributed by atoms with Gasteiger partial charge in [-0.3, -0.25) is 4.98 Å². The first kappa shape index (κ1) is 11.3. The first-order chi connectivity index (χ1) is 9.70. The minimum Gasteiger partial charge on any atom is -0.486 e. The summed E-state index contributed by atoms with van der Waals surface area (Å²) in [6, 6.07) is 10.4. The number of pyridine rings is 1. The van der Waals surface area contributed by atoms with Gasteiger partial charge in [0.05, 0.1) is 13.5 Å². The molecule has 0 saturated heterocycles. The van der Waals surface area contributed by atoms with E-state index in [1.165, 1.54) is 6.20 Å². The quantitative estimate of drug-likeness (QED) is 0.817. The van der Waals surface area contributed by atoms with Crippen molar-refractivity contribution >= 4 is 11.6 Å². The van der Waals surface area contributed by atoms with Crippen LogP contribution in [0.5, 0.6) is 5.75 Å². The van der Waals surface area contributed by atoms with Crippen LogP contribution in [-0.2, 0) is 12.0 Å². The molecule has 2 rings (SSSR count). The molecule has 100 valence electrons. The minimum absolute atomic E-state index is 0.0256. The second kappa shape index (κ2) is 5.62. The zero-order valence-electron chi connectivity index (χ0n) is 13.3. The normalized spacial score (nSPS) is 13.7. The monoisotopic (exact) mass is 277 g/mol. The summed E-state index contributed by atoms with van der Waals surface area (Å²) in [5.41, 5.74) is 1.25. The van der Waals surface area contributed by atoms with Gasteiger partial charge in [0.2, 0.25) is 0 Å². The Bertz CT molecular complexity index is 624. The number of hydrogen-bond donors (Lipinski definition) is 0. The maximum atomic E-state index is 8.00. The molecule has 1 aromatic carbocycles. The summed E-state index contributed by atoms with van der Waals surface area (Å²) in [4.78, 5) is 3.99. The lowest BCUT2D eigenvalue weighted by Crippen LogP contribution is -2.11. The van der Waals surface area contributed by atoms with Crippen molar-refractivity contribution < 1.29 is 7.48 Å². The van der Waals surface area contributed by atoms with Crippen molar-refractivity contribution in [3.05, 3.63) is 58.9 Å². The molecule has 2 nitrogen and oxygen atoms in total. The molecule has 0 saturated carbocycles. The van der Waals surface area contributed by atoms with Gasteiger partial charge in [0.1, 0.15) is 12.3 Å². The zero-order chi connectivity index (χ0) is 15.7. The van der Waals surface area contributed by atoms with Crippen LogP contribution in [0.3, 0.4) is 0 Å². The highest BCUT2D eigenvalue weighted by molar-refractivity contribution is 6.32. The van der Waals surface area contributed by atoms with Gasteiger partial charge in [-0.1, -0.05) is 44.5 Å². The van der Waals surface area contributed by atoms with Crippen LogP contribution in [0, 0.1) is 0 Å². The van der Waals surface area contributed by atoms with Crippen LogP contribution in [-0.4, -0.2) is 4.98 Å². The fourth-order valence-electron chi connectivity index (χ4n) is 1.58. The SMILES string of the molecule is [2H]C([2H])(Oc1ccc(C(C)(C)C)cc1Cl)c1ccccn1. The molecule has 0 bridgehead atoms. The maximum absolute atomic E-state index is 8.00. The van der Waals surface area contributed by atoms with Crippen LogP contribution in [0.1, 0.15) is 34.8 Å². The lowest BCUT2D eigenvalue weighted by molar-refractivity contribution is 0.301. The fraction of sp³-hybridized carbons (Fsp3) is 0.312. The van der Waals surface area contributed by atoms with Gasteiger partial charge in [-0.25, -0.2) is 0 Å². The number of hydrogen-bond acceptors (Lipinski definition) is 2. The number of aromatic nitrogens is 1. The average molecular weight is 278 g/mol. The standard InChI is InChI=1S/C16H18ClNO/c1-16(2,3)12-7-8-15(14(17)10-12)19-11-13-6-4-5-9-18-13/h4-10H,11H2,1-3H3/i11D2. The molecule has 0 aliphatic rings. The van der Waals surface area contributed by atoms with Gasteiger partial charge in [-0.05, 0) is 35.2 Å². The van der Waals surface area contributed by atoms with Crippen LogP contribution >= 0.6 is 11.6 Å². The third kappa shape index (κ3) is 3.71. The zero-order valence-corrected chi connectivity index (χ0v) is 12.0. The fourth-order valence-corrected chi connectivity index (χ4v) is 1.80. The molecule has 19 heavy (non-hydrogen) atoms. The molecule has 1 heterocycles. The second-order valence-electron chi connectivity index (χ2n) is 5.31. The van der Waals surface area contributed by atoms with Gasteiger partial charge in [0.15, 0.2) is 0 Å². The molecule has 0 unspecified atom stereocenters. The van der Waals surface area contributed by atoms with E-state index in [-0.39, 0.29) is 11.1 Å². The van der Waals surface area contributed by atoms with E-state index < -0.39 is 6.56 Å². The molecular weight excluding hydrogens is 258 g/mol. The van der Waals surface area contributed by atoms with E-state index >= 15 is 0 Å². The summed E-state index contributed by atoms with van der Waals surface area (Å²) in [6.45, 7) is 4.24. The first-order valence-electron chi connectivity index (χ1n) is 7.11. The lowest BCUT2D eigenvalue weighted by atomic mass is 9.87. The highest BCUT2D eigenvalue weighted by atomic mass is 35.5. The molecule has 0 fully saturated rings. The smallest absolute Gasteiger partial charge is 0.138 e. The summed E-state index contributed by atoms with van der Waals surface area (Å²) >= 11 is 6.22. The lowest BCUT2D eigenvalue weighted by Gasteiger charge is -2.20. The molecule has 1 aromatic heterocycles. The number of ether oxygens (including phenoxy) is 1. The van der Waals surface area contributed by atoms with E-state index in [2.05, 4.69) is 25.8 Å². The molecule has 3 heteroatoms. The molecule has 0 N–H and O–H groups in total. The van der Waals surface area contributed by atoms with Crippen LogP contribution in [0.2, 0.25) is 5.02 Å². The third-order valence-electron chi connectivity index (χ3n) is 2.73. The summed E-state index contributed by atoms with van der Waals surface area (Å²) in [5, 5.41) is 0.391. The minimum atomic E-state index is -2.03. The molecular formula is C16H18ClNO. The van der Waals surface area contributed by atoms with Gasteiger partial charge < -0.3 is 4.74 Å². The van der Waals surface area contributed by atoms with E-state index in [0.29, 0.717) is 10.8 Å². The molecule has 2 aromatic rings. The van der Waals surface area contributed by atoms with E-state index in [9.17, 15) is 0 Å². The van der Waals surface area contributed by atoms with Crippen molar-refractivity contribution in [1.82, 2.24) is 4.98 Å². The first-order valence-corrected chi connectivity index (χ1v) is 6.48. The van der Waals surface area contributed by atoms with Crippen LogP contribution in [0.25, 0.3) is 0 Å². The Morgan fingerprint density at radius 2 is 2.05 bits per heavy atom. The van der Waals surface area contributed by atoms with Crippen molar-refractivity contribution in [2.45, 2.75) is 32.7 Å². The summed E-state index contributed by atoms with van der Waals surface area (Å²) in [5.74, 6) is 0.306. The summed E-state index contributed by atoms with van der Waals surface area (Å²) < 4.78 is 21.4. The van der Waals surface area contributed by atoms with Crippen LogP contribution < -0.4 is 4.74 Å². The predicted molar refractivity (Wildman–Crippen MR) is 78.7 cm³/mol. The predicted octanol–water partition coefficient (Wildman–Crippen LogP) is 4.61. The Morgan fingerprint density at radius 1 is 1.26 bits per heavy atom.